The molecule has 0 unspecified atom stereocenters. The Hall–Kier alpha value is -2.94. The zero-order valence-corrected chi connectivity index (χ0v) is 13.0. The molecule has 9 nitrogen and oxygen atoms in total. The van der Waals surface area contributed by atoms with Crippen LogP contribution in [0.2, 0.25) is 0 Å². The van der Waals surface area contributed by atoms with Crippen molar-refractivity contribution in [3.63, 3.8) is 0 Å². The number of nitrogen functional groups attached to an aromatic ring is 1. The van der Waals surface area contributed by atoms with E-state index >= 15 is 0 Å². The molecule has 3 heterocycles. The molecule has 0 amide bonds. The fourth-order valence-corrected chi connectivity index (χ4v) is 2.00. The maximum atomic E-state index is 9.91. The second-order valence-corrected chi connectivity index (χ2v) is 4.16. The molecule has 1 fully saturated rings. The van der Waals surface area contributed by atoms with Gasteiger partial charge in [0.2, 0.25) is 0 Å². The zero-order valence-electron chi connectivity index (χ0n) is 10.1. The van der Waals surface area contributed by atoms with Crippen molar-refractivity contribution in [2.24, 2.45) is 0 Å². The van der Waals surface area contributed by atoms with Crippen molar-refractivity contribution in [1.29, 1.82) is 0 Å². The van der Waals surface area contributed by atoms with Crippen LogP contribution in [0.5, 0.6) is 0 Å². The van der Waals surface area contributed by atoms with Crippen LogP contribution in [0.1, 0.15) is 0 Å². The number of aliphatic hydroxyl groups is 3. The molecule has 0 saturated carbocycles. The Morgan fingerprint density at radius 3 is 2.75 bits per heavy atom. The van der Waals surface area contributed by atoms with Crippen LogP contribution in [0, 0.1) is 6.23 Å². The van der Waals surface area contributed by atoms with Gasteiger partial charge in [-0.25, -0.2) is 4.98 Å². The molecule has 3 rings (SSSR count). The van der Waals surface area contributed by atoms with Crippen molar-refractivity contribution in [3.8, 4) is 0 Å². The first-order chi connectivity index (χ1) is 9.13. The molecule has 0 aromatic carbocycles. The quantitative estimate of drug-likeness (QED) is 0.334. The third-order valence-corrected chi connectivity index (χ3v) is 3.01. The van der Waals surface area contributed by atoms with E-state index in [9.17, 15) is 10.2 Å². The summed E-state index contributed by atoms with van der Waals surface area (Å²) in [6, 6.07) is 0. The normalized spacial score (nSPS) is 25.9. The van der Waals surface area contributed by atoms with Gasteiger partial charge in [0.25, 0.3) is 0 Å². The summed E-state index contributed by atoms with van der Waals surface area (Å²) in [6.07, 6.45) is -0.700. The van der Waals surface area contributed by atoms with Crippen molar-refractivity contribution >= 4 is 17.0 Å². The van der Waals surface area contributed by atoms with Crippen LogP contribution >= 0.6 is 0 Å². The van der Waals surface area contributed by atoms with E-state index in [-0.39, 0.29) is 12.0 Å². The smallest absolute Gasteiger partial charge is 0.140 e. The van der Waals surface area contributed by atoms with Gasteiger partial charge in [0.15, 0.2) is 0 Å². The molecule has 0 radical (unpaired) electrons. The van der Waals surface area contributed by atoms with Gasteiger partial charge >= 0.3 is 0 Å². The molecule has 0 spiro atoms. The molecular weight excluding hydrogens is 501 g/mol. The van der Waals surface area contributed by atoms with E-state index in [1.807, 2.05) is 0 Å². The van der Waals surface area contributed by atoms with Gasteiger partial charge in [0.1, 0.15) is 24.4 Å². The summed E-state index contributed by atoms with van der Waals surface area (Å²) in [5.41, 5.74) is 6.38. The Kier molecular flexibility index (Phi) is 3.12. The standard InChI is InChI=1S/C10H12N5O4.Cm/c11-8-5-9(13-2-12-8)15(3-14-5)10-7(18)6(17)4(1-16)19-10;/h2-4,6-7,16-18H,1H2,(H2,11,12,13);/q-1;/t4-,6-,7-;/m1./s1. The largest absolute Gasteiger partial charge is 0.426 e. The van der Waals surface area contributed by atoms with Gasteiger partial charge in [-0.2, -0.15) is 0 Å². The minimum Gasteiger partial charge on any atom is -0.426 e. The van der Waals surface area contributed by atoms with Gasteiger partial charge < -0.3 is 35.3 Å². The summed E-state index contributed by atoms with van der Waals surface area (Å²) in [6.45, 7) is -0.411. The van der Waals surface area contributed by atoms with E-state index < -0.39 is 24.9 Å². The molecule has 1 aliphatic heterocycles. The van der Waals surface area contributed by atoms with Crippen molar-refractivity contribution in [3.05, 3.63) is 18.9 Å². The monoisotopic (exact) mass is 509 g/mol. The van der Waals surface area contributed by atoms with Gasteiger partial charge in [0, 0.05) is 0 Å². The average Bonchev–Trinajstić information content (AvgIpc) is 2.94. The topological polar surface area (TPSA) is 140 Å². The SMILES string of the molecule is Nc1ncnc2c1ncn2[C-]1O[C@H](CO)[C@@H](O)[C@H]1O.[Cm]. The van der Waals surface area contributed by atoms with Gasteiger partial charge in [-0.05, 0) is 6.33 Å². The Bertz CT molecular complexity index is 608. The molecule has 0 bridgehead atoms. The molecule has 0 aliphatic carbocycles. The predicted octanol–water partition coefficient (Wildman–Crippen LogP) is -2.14. The fourth-order valence-electron chi connectivity index (χ4n) is 2.00. The van der Waals surface area contributed by atoms with E-state index in [4.69, 9.17) is 15.6 Å². The molecular formula is C10H12CmN5O4-. The Morgan fingerprint density at radius 1 is 1.35 bits per heavy atom. The maximum Gasteiger partial charge on any atom is 0.140 e. The van der Waals surface area contributed by atoms with E-state index in [0.29, 0.717) is 11.2 Å². The molecule has 20 heavy (non-hydrogen) atoms. The van der Waals surface area contributed by atoms with E-state index in [1.54, 1.807) is 0 Å². The van der Waals surface area contributed by atoms with Gasteiger partial charge in [-0.3, -0.25) is 4.98 Å². The molecule has 2 aromatic rings. The van der Waals surface area contributed by atoms with E-state index in [2.05, 4.69) is 15.0 Å². The van der Waals surface area contributed by atoms with Crippen molar-refractivity contribution in [2.45, 2.75) is 18.3 Å². The number of aromatic nitrogens is 4. The second kappa shape index (κ2) is 4.63. The first-order valence-electron chi connectivity index (χ1n) is 5.58. The summed E-state index contributed by atoms with van der Waals surface area (Å²) in [5.74, 6) is 0.205. The molecule has 1 aliphatic rings. The Morgan fingerprint density at radius 2 is 2.10 bits per heavy atom. The predicted molar refractivity (Wildman–Crippen MR) is 62.3 cm³/mol. The number of ether oxygens (including phenoxy) is 1. The second-order valence-electron chi connectivity index (χ2n) is 4.16. The van der Waals surface area contributed by atoms with E-state index in [0.717, 1.165) is 0 Å². The third kappa shape index (κ3) is 1.68. The fraction of sp³-hybridized carbons (Fsp3) is 0.400. The Labute approximate surface area is 107 Å². The summed E-state index contributed by atoms with van der Waals surface area (Å²) < 4.78 is 6.69. The van der Waals surface area contributed by atoms with Crippen LogP contribution in [0.4, 0.5) is 5.82 Å². The summed E-state index contributed by atoms with van der Waals surface area (Å²) >= 11 is 0. The minimum atomic E-state index is -1.27. The van der Waals surface area contributed by atoms with Crippen LogP contribution in [0.3, 0.4) is 0 Å². The number of nitrogens with two attached hydrogens (primary N) is 1. The van der Waals surface area contributed by atoms with Crippen LogP contribution in [-0.4, -0.2) is 59.8 Å². The van der Waals surface area contributed by atoms with Crippen LogP contribution in [0.15, 0.2) is 12.7 Å². The molecule has 10 heteroatoms. The molecule has 5 N–H and O–H groups in total. The number of hydrogen-bond acceptors (Lipinski definition) is 8. The number of aliphatic hydroxyl groups excluding tert-OH is 3. The first-order valence-corrected chi connectivity index (χ1v) is 5.58. The molecule has 1 saturated heterocycles. The van der Waals surface area contributed by atoms with E-state index in [1.165, 1.54) is 17.2 Å². The summed E-state index contributed by atoms with van der Waals surface area (Å²) in [5, 5.41) is 28.7. The van der Waals surface area contributed by atoms with Gasteiger partial charge in [-0.1, -0.05) is 0 Å². The van der Waals surface area contributed by atoms with Crippen molar-refractivity contribution in [1.82, 2.24) is 19.5 Å². The number of anilines is 1. The zero-order chi connectivity index (χ0) is 13.6. The maximum absolute atomic E-state index is 9.91. The van der Waals surface area contributed by atoms with Gasteiger partial charge in [0.05, 0.1) is 30.1 Å². The first kappa shape index (κ1) is 13.5. The summed E-state index contributed by atoms with van der Waals surface area (Å²) in [7, 11) is 0. The number of hydrogen-bond donors (Lipinski definition) is 4. The Balaban J connectivity index is 0.00000147. The van der Waals surface area contributed by atoms with Crippen LogP contribution < -0.4 is 5.73 Å². The van der Waals surface area contributed by atoms with Crippen LogP contribution in [0.25, 0.3) is 11.2 Å². The van der Waals surface area contributed by atoms with Crippen LogP contribution in [-0.2, 0) is 4.74 Å². The van der Waals surface area contributed by atoms with Gasteiger partial charge in [-0.15, -0.1) is 0 Å². The minimum absolute atomic E-state index is 0. The summed E-state index contributed by atoms with van der Waals surface area (Å²) in [4.78, 5) is 11.8. The number of fused-ring (bicyclic) bond motifs is 1. The molecule has 2 aromatic heterocycles. The number of imidazole rings is 1. The number of nitrogens with zero attached hydrogens (tertiary/aromatic N) is 4. The van der Waals surface area contributed by atoms with Crippen molar-refractivity contribution < 1.29 is 20.1 Å². The average molecular weight is 513 g/mol. The van der Waals surface area contributed by atoms with Crippen molar-refractivity contribution in [2.75, 3.05) is 12.3 Å². The molecule has 3 atom stereocenters. The number of rotatable bonds is 2. The molecule has 110 valence electrons. The third-order valence-electron chi connectivity index (χ3n) is 3.01.